The summed E-state index contributed by atoms with van der Waals surface area (Å²) in [6, 6.07) is 0.220. The molecule has 134 valence electrons. The lowest BCUT2D eigenvalue weighted by molar-refractivity contribution is -0.132. The monoisotopic (exact) mass is 346 g/mol. The summed E-state index contributed by atoms with van der Waals surface area (Å²) in [4.78, 5) is 24.8. The average molecular weight is 346 g/mol. The Hall–Kier alpha value is -2.18. The molecule has 4 heterocycles. The van der Waals surface area contributed by atoms with Crippen LogP contribution in [0.4, 0.5) is 10.2 Å². The predicted octanol–water partition coefficient (Wildman–Crippen LogP) is 2.13. The van der Waals surface area contributed by atoms with Crippen molar-refractivity contribution in [2.75, 3.05) is 31.1 Å². The number of aromatic nitrogens is 2. The summed E-state index contributed by atoms with van der Waals surface area (Å²) in [6.07, 6.45) is 6.47. The van der Waals surface area contributed by atoms with E-state index >= 15 is 0 Å². The quantitative estimate of drug-likeness (QED) is 0.821. The van der Waals surface area contributed by atoms with E-state index in [2.05, 4.69) is 9.97 Å². The van der Waals surface area contributed by atoms with E-state index in [1.54, 1.807) is 0 Å². The molecule has 7 heteroatoms. The Morgan fingerprint density at radius 3 is 2.88 bits per heavy atom. The van der Waals surface area contributed by atoms with E-state index in [4.69, 9.17) is 4.74 Å². The van der Waals surface area contributed by atoms with Crippen LogP contribution in [0.2, 0.25) is 0 Å². The lowest BCUT2D eigenvalue weighted by atomic mass is 9.83. The molecule has 3 aliphatic heterocycles. The van der Waals surface area contributed by atoms with Gasteiger partial charge in [0.15, 0.2) is 5.82 Å². The number of carbonyl (C=O) groups excluding carboxylic acids is 1. The second-order valence-corrected chi connectivity index (χ2v) is 7.01. The standard InChI is InChI=1S/C18H23FN4O2/c1-12-14(5-10-25-12)18(24)23-8-2-3-13-11-22(9-4-15(13)23)17-16(19)20-6-7-21-17/h6-7,13,15H,2-5,8-11H2,1H3. The van der Waals surface area contributed by atoms with Gasteiger partial charge in [0.1, 0.15) is 5.76 Å². The van der Waals surface area contributed by atoms with Gasteiger partial charge in [-0.05, 0) is 32.1 Å². The van der Waals surface area contributed by atoms with Gasteiger partial charge in [0.2, 0.25) is 0 Å². The van der Waals surface area contributed by atoms with Crippen LogP contribution in [0.5, 0.6) is 0 Å². The molecule has 1 amide bonds. The van der Waals surface area contributed by atoms with E-state index in [1.807, 2.05) is 16.7 Å². The third-order valence-corrected chi connectivity index (χ3v) is 5.62. The van der Waals surface area contributed by atoms with Gasteiger partial charge < -0.3 is 14.5 Å². The molecular formula is C18H23FN4O2. The first-order chi connectivity index (χ1) is 12.1. The van der Waals surface area contributed by atoms with Gasteiger partial charge in [-0.1, -0.05) is 0 Å². The fraction of sp³-hybridized carbons (Fsp3) is 0.611. The van der Waals surface area contributed by atoms with E-state index < -0.39 is 5.95 Å². The third kappa shape index (κ3) is 2.96. The fourth-order valence-electron chi connectivity index (χ4n) is 4.37. The van der Waals surface area contributed by atoms with E-state index in [9.17, 15) is 9.18 Å². The number of rotatable bonds is 2. The van der Waals surface area contributed by atoms with Crippen LogP contribution in [0.25, 0.3) is 0 Å². The number of piperidine rings is 2. The number of nitrogens with zero attached hydrogens (tertiary/aromatic N) is 4. The SMILES string of the molecule is CC1=C(C(=O)N2CCCC3CN(c4nccnc4F)CCC32)CCO1. The Bertz CT molecular complexity index is 708. The average Bonchev–Trinajstić information content (AvgIpc) is 3.06. The van der Waals surface area contributed by atoms with Crippen LogP contribution in [0.15, 0.2) is 23.7 Å². The minimum Gasteiger partial charge on any atom is -0.497 e. The highest BCUT2D eigenvalue weighted by atomic mass is 19.1. The Morgan fingerprint density at radius 1 is 1.28 bits per heavy atom. The molecule has 2 atom stereocenters. The van der Waals surface area contributed by atoms with Gasteiger partial charge in [-0.15, -0.1) is 0 Å². The van der Waals surface area contributed by atoms with Crippen LogP contribution >= 0.6 is 0 Å². The number of amides is 1. The second kappa shape index (κ2) is 6.61. The summed E-state index contributed by atoms with van der Waals surface area (Å²) < 4.78 is 19.4. The zero-order chi connectivity index (χ0) is 17.4. The minimum absolute atomic E-state index is 0.129. The number of carbonyl (C=O) groups is 1. The van der Waals surface area contributed by atoms with Gasteiger partial charge in [0, 0.05) is 44.5 Å². The molecule has 4 rings (SSSR count). The number of halogens is 1. The largest absolute Gasteiger partial charge is 0.497 e. The van der Waals surface area contributed by atoms with E-state index in [-0.39, 0.29) is 11.9 Å². The van der Waals surface area contributed by atoms with Crippen LogP contribution in [0.3, 0.4) is 0 Å². The van der Waals surface area contributed by atoms with Crippen molar-refractivity contribution in [3.63, 3.8) is 0 Å². The first-order valence-corrected chi connectivity index (χ1v) is 9.00. The Labute approximate surface area is 146 Å². The molecule has 1 aromatic heterocycles. The van der Waals surface area contributed by atoms with Gasteiger partial charge in [-0.2, -0.15) is 4.39 Å². The third-order valence-electron chi connectivity index (χ3n) is 5.62. The molecule has 3 aliphatic rings. The molecule has 2 fully saturated rings. The minimum atomic E-state index is -0.520. The van der Waals surface area contributed by atoms with Crippen molar-refractivity contribution in [1.29, 1.82) is 0 Å². The molecule has 0 aromatic carbocycles. The summed E-state index contributed by atoms with van der Waals surface area (Å²) in [5, 5.41) is 0. The molecular weight excluding hydrogens is 323 g/mol. The van der Waals surface area contributed by atoms with Crippen LogP contribution in [-0.2, 0) is 9.53 Å². The van der Waals surface area contributed by atoms with Crippen molar-refractivity contribution in [2.24, 2.45) is 5.92 Å². The van der Waals surface area contributed by atoms with Gasteiger partial charge in [-0.3, -0.25) is 4.79 Å². The molecule has 2 saturated heterocycles. The second-order valence-electron chi connectivity index (χ2n) is 7.01. The zero-order valence-electron chi connectivity index (χ0n) is 14.4. The normalized spacial score (nSPS) is 26.5. The van der Waals surface area contributed by atoms with E-state index in [0.29, 0.717) is 31.3 Å². The van der Waals surface area contributed by atoms with Crippen molar-refractivity contribution in [1.82, 2.24) is 14.9 Å². The smallest absolute Gasteiger partial charge is 0.255 e. The Morgan fingerprint density at radius 2 is 2.12 bits per heavy atom. The summed E-state index contributed by atoms with van der Waals surface area (Å²) >= 11 is 0. The van der Waals surface area contributed by atoms with Crippen LogP contribution in [0.1, 0.15) is 32.6 Å². The molecule has 6 nitrogen and oxygen atoms in total. The van der Waals surface area contributed by atoms with Crippen molar-refractivity contribution >= 4 is 11.7 Å². The Kier molecular flexibility index (Phi) is 4.31. The number of fused-ring (bicyclic) bond motifs is 1. The first kappa shape index (κ1) is 16.3. The van der Waals surface area contributed by atoms with Crippen molar-refractivity contribution in [3.05, 3.63) is 29.7 Å². The van der Waals surface area contributed by atoms with Crippen molar-refractivity contribution in [2.45, 2.75) is 38.6 Å². The molecule has 0 spiro atoms. The molecule has 1 aromatic rings. The maximum atomic E-state index is 14.0. The number of hydrogen-bond acceptors (Lipinski definition) is 5. The molecule has 2 unspecified atom stereocenters. The number of likely N-dealkylation sites (tertiary alicyclic amines) is 1. The molecule has 0 bridgehead atoms. The highest BCUT2D eigenvalue weighted by Gasteiger charge is 2.40. The summed E-state index contributed by atoms with van der Waals surface area (Å²) in [5.74, 6) is 1.05. The van der Waals surface area contributed by atoms with Crippen LogP contribution in [0, 0.1) is 11.9 Å². The molecule has 25 heavy (non-hydrogen) atoms. The summed E-state index contributed by atoms with van der Waals surface area (Å²) in [6.45, 7) is 4.69. The van der Waals surface area contributed by atoms with Gasteiger partial charge >= 0.3 is 0 Å². The first-order valence-electron chi connectivity index (χ1n) is 9.00. The highest BCUT2D eigenvalue weighted by Crippen LogP contribution is 2.34. The summed E-state index contributed by atoms with van der Waals surface area (Å²) in [5.41, 5.74) is 0.822. The fourth-order valence-corrected chi connectivity index (χ4v) is 4.37. The molecule has 0 radical (unpaired) electrons. The number of anilines is 1. The van der Waals surface area contributed by atoms with Gasteiger partial charge in [0.25, 0.3) is 11.9 Å². The van der Waals surface area contributed by atoms with Crippen molar-refractivity contribution in [3.8, 4) is 0 Å². The van der Waals surface area contributed by atoms with Crippen molar-refractivity contribution < 1.29 is 13.9 Å². The van der Waals surface area contributed by atoms with E-state index in [1.165, 1.54) is 12.4 Å². The molecule has 0 N–H and O–H groups in total. The maximum absolute atomic E-state index is 14.0. The molecule has 0 saturated carbocycles. The van der Waals surface area contributed by atoms with Gasteiger partial charge in [0.05, 0.1) is 12.2 Å². The van der Waals surface area contributed by atoms with Gasteiger partial charge in [-0.25, -0.2) is 9.97 Å². The Balaban J connectivity index is 1.50. The lowest BCUT2D eigenvalue weighted by Gasteiger charge is -2.47. The maximum Gasteiger partial charge on any atom is 0.255 e. The van der Waals surface area contributed by atoms with Crippen LogP contribution in [-0.4, -0.2) is 53.1 Å². The topological polar surface area (TPSA) is 58.6 Å². The number of ether oxygens (including phenoxy) is 1. The van der Waals surface area contributed by atoms with E-state index in [0.717, 1.165) is 43.7 Å². The lowest BCUT2D eigenvalue weighted by Crippen LogP contribution is -2.56. The zero-order valence-corrected chi connectivity index (χ0v) is 14.4. The highest BCUT2D eigenvalue weighted by molar-refractivity contribution is 5.94. The molecule has 0 aliphatic carbocycles. The number of allylic oxidation sites excluding steroid dienone is 1. The predicted molar refractivity (Wildman–Crippen MR) is 90.3 cm³/mol. The summed E-state index contributed by atoms with van der Waals surface area (Å²) in [7, 11) is 0. The van der Waals surface area contributed by atoms with Crippen LogP contribution < -0.4 is 4.90 Å². The number of hydrogen-bond donors (Lipinski definition) is 0.